The van der Waals surface area contributed by atoms with Crippen LogP contribution in [0, 0.1) is 6.92 Å². The fourth-order valence-corrected chi connectivity index (χ4v) is 4.14. The van der Waals surface area contributed by atoms with Crippen LogP contribution in [0.5, 0.6) is 0 Å². The number of hydrogen-bond donors (Lipinski definition) is 1. The van der Waals surface area contributed by atoms with Gasteiger partial charge in [-0.15, -0.1) is 11.3 Å². The monoisotopic (exact) mass is 419 g/mol. The van der Waals surface area contributed by atoms with Crippen molar-refractivity contribution < 1.29 is 13.7 Å². The molecule has 1 atom stereocenters. The SMILES string of the molecule is CCOC.Cc1[nH]c(=O)c(-c2csc(CS(=O)c3ccccn3)n2)cc1C=O. The third kappa shape index (κ3) is 5.75. The summed E-state index contributed by atoms with van der Waals surface area (Å²) in [6, 6.07) is 6.76. The predicted octanol–water partition coefficient (Wildman–Crippen LogP) is 2.97. The lowest BCUT2D eigenvalue weighted by atomic mass is 10.1. The normalized spacial score (nSPS) is 11.4. The van der Waals surface area contributed by atoms with Crippen LogP contribution in [0.15, 0.2) is 45.7 Å². The van der Waals surface area contributed by atoms with Gasteiger partial charge in [0.1, 0.15) is 10.0 Å². The topological polar surface area (TPSA) is 102 Å². The highest BCUT2D eigenvalue weighted by Crippen LogP contribution is 2.22. The molecule has 0 amide bonds. The van der Waals surface area contributed by atoms with Gasteiger partial charge in [-0.2, -0.15) is 0 Å². The van der Waals surface area contributed by atoms with Crippen molar-refractivity contribution in [2.75, 3.05) is 13.7 Å². The van der Waals surface area contributed by atoms with Gasteiger partial charge in [-0.25, -0.2) is 9.97 Å². The number of rotatable bonds is 6. The summed E-state index contributed by atoms with van der Waals surface area (Å²) in [6.45, 7) is 4.44. The number of thiazole rings is 1. The fourth-order valence-electron chi connectivity index (χ4n) is 2.12. The Morgan fingerprint density at radius 3 is 2.71 bits per heavy atom. The molecule has 0 radical (unpaired) electrons. The average Bonchev–Trinajstić information content (AvgIpc) is 3.17. The highest BCUT2D eigenvalue weighted by atomic mass is 32.2. The molecule has 0 fully saturated rings. The van der Waals surface area contributed by atoms with Crippen molar-refractivity contribution in [1.82, 2.24) is 15.0 Å². The molecule has 0 bridgehead atoms. The molecule has 0 saturated heterocycles. The Hall–Kier alpha value is -2.49. The number of nitrogens with zero attached hydrogens (tertiary/aromatic N) is 2. The molecule has 1 unspecified atom stereocenters. The molecule has 3 aromatic rings. The second-order valence-electron chi connectivity index (χ2n) is 5.57. The first-order chi connectivity index (χ1) is 13.5. The second kappa shape index (κ2) is 10.7. The molecular weight excluding hydrogens is 398 g/mol. The molecule has 0 aliphatic carbocycles. The van der Waals surface area contributed by atoms with E-state index in [9.17, 15) is 13.8 Å². The van der Waals surface area contributed by atoms with E-state index in [2.05, 4.69) is 19.7 Å². The lowest BCUT2D eigenvalue weighted by Crippen LogP contribution is -2.12. The maximum atomic E-state index is 12.3. The summed E-state index contributed by atoms with van der Waals surface area (Å²) in [6.07, 6.45) is 2.28. The lowest BCUT2D eigenvalue weighted by molar-refractivity contribution is 0.112. The average molecular weight is 420 g/mol. The van der Waals surface area contributed by atoms with Gasteiger partial charge in [-0.05, 0) is 32.0 Å². The molecule has 1 N–H and O–H groups in total. The van der Waals surface area contributed by atoms with E-state index in [1.54, 1.807) is 43.8 Å². The molecule has 148 valence electrons. The Bertz CT molecular complexity index is 998. The summed E-state index contributed by atoms with van der Waals surface area (Å²) in [5, 5.41) is 2.85. The Morgan fingerprint density at radius 1 is 1.36 bits per heavy atom. The van der Waals surface area contributed by atoms with E-state index in [0.717, 1.165) is 6.61 Å². The van der Waals surface area contributed by atoms with Crippen LogP contribution in [-0.4, -0.2) is 39.2 Å². The van der Waals surface area contributed by atoms with E-state index in [4.69, 9.17) is 0 Å². The van der Waals surface area contributed by atoms with Crippen molar-refractivity contribution in [1.29, 1.82) is 0 Å². The van der Waals surface area contributed by atoms with Crippen molar-refractivity contribution in [3.8, 4) is 11.3 Å². The Kier molecular flexibility index (Phi) is 8.37. The van der Waals surface area contributed by atoms with Crippen LogP contribution in [0.1, 0.15) is 28.0 Å². The number of H-pyrrole nitrogens is 1. The van der Waals surface area contributed by atoms with E-state index >= 15 is 0 Å². The number of nitrogens with one attached hydrogen (secondary N) is 1. The van der Waals surface area contributed by atoms with Gasteiger partial charge in [0.05, 0.1) is 27.8 Å². The minimum absolute atomic E-state index is 0.228. The Labute approximate surface area is 169 Å². The maximum absolute atomic E-state index is 12.3. The molecule has 28 heavy (non-hydrogen) atoms. The second-order valence-corrected chi connectivity index (χ2v) is 7.91. The molecule has 7 nitrogen and oxygen atoms in total. The number of methoxy groups -OCH3 is 1. The molecule has 3 rings (SSSR count). The van der Waals surface area contributed by atoms with Gasteiger partial charge >= 0.3 is 0 Å². The van der Waals surface area contributed by atoms with Crippen LogP contribution in [-0.2, 0) is 21.3 Å². The fraction of sp³-hybridized carbons (Fsp3) is 0.263. The number of aldehydes is 1. The van der Waals surface area contributed by atoms with Gasteiger partial charge in [0.2, 0.25) is 0 Å². The minimum atomic E-state index is -1.30. The van der Waals surface area contributed by atoms with Crippen molar-refractivity contribution in [3.63, 3.8) is 0 Å². The first kappa shape index (κ1) is 21.8. The molecule has 3 heterocycles. The van der Waals surface area contributed by atoms with Crippen LogP contribution >= 0.6 is 11.3 Å². The predicted molar refractivity (Wildman–Crippen MR) is 110 cm³/mol. The van der Waals surface area contributed by atoms with Gasteiger partial charge in [0.15, 0.2) is 6.29 Å². The van der Waals surface area contributed by atoms with E-state index in [1.807, 2.05) is 6.92 Å². The molecular formula is C19H21N3O4S2. The van der Waals surface area contributed by atoms with Crippen molar-refractivity contribution in [2.45, 2.75) is 24.6 Å². The molecule has 0 saturated carbocycles. The quantitative estimate of drug-likeness (QED) is 0.616. The molecule has 0 spiro atoms. The van der Waals surface area contributed by atoms with Crippen LogP contribution in [0.3, 0.4) is 0 Å². The summed E-state index contributed by atoms with van der Waals surface area (Å²) in [7, 11) is 0.383. The van der Waals surface area contributed by atoms with Gasteiger partial charge < -0.3 is 9.72 Å². The number of pyridine rings is 2. The van der Waals surface area contributed by atoms with Crippen molar-refractivity contribution >= 4 is 28.4 Å². The smallest absolute Gasteiger partial charge is 0.257 e. The zero-order valence-electron chi connectivity index (χ0n) is 15.8. The minimum Gasteiger partial charge on any atom is -0.385 e. The van der Waals surface area contributed by atoms with Gasteiger partial charge in [0.25, 0.3) is 5.56 Å². The number of aromatic amines is 1. The van der Waals surface area contributed by atoms with Gasteiger partial charge in [-0.3, -0.25) is 13.8 Å². The molecule has 0 aromatic carbocycles. The van der Waals surface area contributed by atoms with E-state index in [1.165, 1.54) is 17.4 Å². The summed E-state index contributed by atoms with van der Waals surface area (Å²) < 4.78 is 16.8. The van der Waals surface area contributed by atoms with E-state index < -0.39 is 10.8 Å². The summed E-state index contributed by atoms with van der Waals surface area (Å²) in [5.74, 6) is 0.228. The number of hydrogen-bond acceptors (Lipinski definition) is 7. The zero-order valence-corrected chi connectivity index (χ0v) is 17.4. The summed E-state index contributed by atoms with van der Waals surface area (Å²) >= 11 is 1.32. The van der Waals surface area contributed by atoms with Gasteiger partial charge in [0, 0.05) is 36.6 Å². The highest BCUT2D eigenvalue weighted by molar-refractivity contribution is 7.84. The first-order valence-corrected chi connectivity index (χ1v) is 10.6. The number of carbonyl (C=O) groups excluding carboxylic acids is 1. The van der Waals surface area contributed by atoms with E-state index in [0.29, 0.717) is 38.8 Å². The van der Waals surface area contributed by atoms with E-state index in [-0.39, 0.29) is 11.3 Å². The Morgan fingerprint density at radius 2 is 2.11 bits per heavy atom. The highest BCUT2D eigenvalue weighted by Gasteiger charge is 2.14. The summed E-state index contributed by atoms with van der Waals surface area (Å²) in [4.78, 5) is 34.2. The number of carbonyl (C=O) groups is 1. The van der Waals surface area contributed by atoms with Crippen LogP contribution in [0.4, 0.5) is 0 Å². The maximum Gasteiger partial charge on any atom is 0.257 e. The standard InChI is InChI=1S/C16H13N3O3S2.C3H8O/c1-10-11(7-20)6-12(16(21)18-10)13-8-23-14(19-13)9-24(22)15-4-2-3-5-17-15;1-3-4-2/h2-8H,9H2,1H3,(H,18,21);3H2,1-2H3. The zero-order chi connectivity index (χ0) is 20.5. The third-order valence-electron chi connectivity index (χ3n) is 3.65. The third-order valence-corrected chi connectivity index (χ3v) is 5.92. The van der Waals surface area contributed by atoms with Crippen LogP contribution in [0.25, 0.3) is 11.3 Å². The first-order valence-electron chi connectivity index (χ1n) is 8.42. The lowest BCUT2D eigenvalue weighted by Gasteiger charge is -2.01. The summed E-state index contributed by atoms with van der Waals surface area (Å²) in [5.41, 5.74) is 1.42. The van der Waals surface area contributed by atoms with Crippen LogP contribution in [0.2, 0.25) is 0 Å². The van der Waals surface area contributed by atoms with Crippen molar-refractivity contribution in [3.05, 3.63) is 62.5 Å². The van der Waals surface area contributed by atoms with Gasteiger partial charge in [-0.1, -0.05) is 6.07 Å². The number of aryl methyl sites for hydroxylation is 1. The largest absolute Gasteiger partial charge is 0.385 e. The number of aromatic nitrogens is 3. The molecule has 9 heteroatoms. The van der Waals surface area contributed by atoms with Crippen LogP contribution < -0.4 is 5.56 Å². The molecule has 0 aliphatic heterocycles. The Balaban J connectivity index is 0.000000640. The van der Waals surface area contributed by atoms with Crippen molar-refractivity contribution in [2.24, 2.45) is 0 Å². The number of ether oxygens (including phenoxy) is 1. The molecule has 0 aliphatic rings. The molecule has 3 aromatic heterocycles.